The Morgan fingerprint density at radius 3 is 2.48 bits per heavy atom. The molecule has 0 radical (unpaired) electrons. The summed E-state index contributed by atoms with van der Waals surface area (Å²) < 4.78 is 5.10. The van der Waals surface area contributed by atoms with Gasteiger partial charge < -0.3 is 10.1 Å². The van der Waals surface area contributed by atoms with Gasteiger partial charge in [-0.2, -0.15) is 5.26 Å². The van der Waals surface area contributed by atoms with Gasteiger partial charge in [-0.25, -0.2) is 9.69 Å². The lowest BCUT2D eigenvalue weighted by Crippen LogP contribution is -2.36. The number of urea groups is 1. The van der Waals surface area contributed by atoms with Gasteiger partial charge in [0, 0.05) is 0 Å². The lowest BCUT2D eigenvalue weighted by atomic mass is 10.1. The highest BCUT2D eigenvalue weighted by atomic mass is 16.5. The number of hydrogen-bond acceptors (Lipinski definition) is 5. The summed E-state index contributed by atoms with van der Waals surface area (Å²) in [4.78, 5) is 37.1. The summed E-state index contributed by atoms with van der Waals surface area (Å²) in [5.74, 6) is -1.29. The molecule has 7 nitrogen and oxygen atoms in total. The van der Waals surface area contributed by atoms with Crippen molar-refractivity contribution in [2.45, 2.75) is 6.61 Å². The van der Waals surface area contributed by atoms with Gasteiger partial charge in [0.1, 0.15) is 18.8 Å². The molecule has 134 valence electrons. The van der Waals surface area contributed by atoms with Crippen molar-refractivity contribution in [2.75, 3.05) is 6.54 Å². The second kappa shape index (κ2) is 7.97. The molecule has 0 spiro atoms. The Kier molecular flexibility index (Phi) is 5.28. The van der Waals surface area contributed by atoms with Gasteiger partial charge in [0.2, 0.25) is 0 Å². The molecule has 0 unspecified atom stereocenters. The number of nitrogens with zero attached hydrogens (tertiary/aromatic N) is 2. The van der Waals surface area contributed by atoms with E-state index in [0.29, 0.717) is 11.1 Å². The normalized spacial score (nSPS) is 14.8. The molecule has 7 heteroatoms. The van der Waals surface area contributed by atoms with E-state index < -0.39 is 24.5 Å². The highest BCUT2D eigenvalue weighted by Gasteiger charge is 2.35. The SMILES string of the molecule is N#Cc1ccc(/C=C2\NC(=O)N(CC(=O)OCc3ccccc3)C2=O)cc1. The maximum Gasteiger partial charge on any atom is 0.329 e. The zero-order valence-electron chi connectivity index (χ0n) is 14.2. The maximum atomic E-state index is 12.4. The van der Waals surface area contributed by atoms with Crippen LogP contribution in [0.3, 0.4) is 0 Å². The molecular formula is C20H15N3O4. The molecule has 2 aromatic carbocycles. The van der Waals surface area contributed by atoms with E-state index in [1.54, 1.807) is 36.4 Å². The second-order valence-corrected chi connectivity index (χ2v) is 5.76. The van der Waals surface area contributed by atoms with Crippen molar-refractivity contribution in [2.24, 2.45) is 0 Å². The maximum absolute atomic E-state index is 12.4. The molecule has 1 aliphatic heterocycles. The van der Waals surface area contributed by atoms with E-state index in [9.17, 15) is 14.4 Å². The Morgan fingerprint density at radius 1 is 1.11 bits per heavy atom. The van der Waals surface area contributed by atoms with E-state index in [-0.39, 0.29) is 12.3 Å². The third-order valence-corrected chi connectivity index (χ3v) is 3.84. The number of nitriles is 1. The minimum absolute atomic E-state index is 0.0561. The van der Waals surface area contributed by atoms with Gasteiger partial charge >= 0.3 is 12.0 Å². The summed E-state index contributed by atoms with van der Waals surface area (Å²) in [6.07, 6.45) is 1.48. The van der Waals surface area contributed by atoms with E-state index >= 15 is 0 Å². The number of carbonyl (C=O) groups is 3. The number of carbonyl (C=O) groups excluding carboxylic acids is 3. The fourth-order valence-corrected chi connectivity index (χ4v) is 2.45. The van der Waals surface area contributed by atoms with Crippen molar-refractivity contribution < 1.29 is 19.1 Å². The number of hydrogen-bond donors (Lipinski definition) is 1. The van der Waals surface area contributed by atoms with E-state index in [0.717, 1.165) is 10.5 Å². The number of esters is 1. The average molecular weight is 361 g/mol. The molecule has 1 aliphatic rings. The smallest absolute Gasteiger partial charge is 0.329 e. The van der Waals surface area contributed by atoms with Crippen molar-refractivity contribution in [3.05, 3.63) is 77.0 Å². The molecule has 1 fully saturated rings. The van der Waals surface area contributed by atoms with Gasteiger partial charge in [-0.05, 0) is 29.3 Å². The molecule has 27 heavy (non-hydrogen) atoms. The summed E-state index contributed by atoms with van der Waals surface area (Å²) in [5, 5.41) is 11.2. The first kappa shape index (κ1) is 17.9. The van der Waals surface area contributed by atoms with E-state index in [4.69, 9.17) is 10.00 Å². The Morgan fingerprint density at radius 2 is 1.81 bits per heavy atom. The quantitative estimate of drug-likeness (QED) is 0.500. The van der Waals surface area contributed by atoms with Crippen LogP contribution in [-0.2, 0) is 20.9 Å². The molecule has 0 aromatic heterocycles. The topological polar surface area (TPSA) is 99.5 Å². The van der Waals surface area contributed by atoms with Crippen molar-refractivity contribution in [1.82, 2.24) is 10.2 Å². The molecular weight excluding hydrogens is 346 g/mol. The number of imide groups is 1. The van der Waals surface area contributed by atoms with Gasteiger partial charge in [-0.3, -0.25) is 9.59 Å². The van der Waals surface area contributed by atoms with Crippen molar-refractivity contribution in [1.29, 1.82) is 5.26 Å². The zero-order chi connectivity index (χ0) is 19.2. The molecule has 1 N–H and O–H groups in total. The third kappa shape index (κ3) is 4.38. The third-order valence-electron chi connectivity index (χ3n) is 3.84. The molecule has 0 saturated carbocycles. The summed E-state index contributed by atoms with van der Waals surface area (Å²) in [6.45, 7) is -0.403. The fraction of sp³-hybridized carbons (Fsp3) is 0.100. The monoisotopic (exact) mass is 361 g/mol. The number of amides is 3. The molecule has 0 bridgehead atoms. The van der Waals surface area contributed by atoms with Crippen LogP contribution >= 0.6 is 0 Å². The van der Waals surface area contributed by atoms with Crippen LogP contribution in [0, 0.1) is 11.3 Å². The summed E-state index contributed by atoms with van der Waals surface area (Å²) in [7, 11) is 0. The van der Waals surface area contributed by atoms with Crippen LogP contribution in [0.1, 0.15) is 16.7 Å². The lowest BCUT2D eigenvalue weighted by molar-refractivity contribution is -0.147. The number of nitrogens with one attached hydrogen (secondary N) is 1. The molecule has 2 aromatic rings. The number of benzene rings is 2. The van der Waals surface area contributed by atoms with Crippen molar-refractivity contribution in [3.63, 3.8) is 0 Å². The van der Waals surface area contributed by atoms with Gasteiger partial charge in [0.15, 0.2) is 0 Å². The molecule has 3 amide bonds. The standard InChI is InChI=1S/C20H15N3O4/c21-11-15-8-6-14(7-9-15)10-17-19(25)23(20(26)22-17)12-18(24)27-13-16-4-2-1-3-5-16/h1-10H,12-13H2,(H,22,26)/b17-10-. The first-order chi connectivity index (χ1) is 13.1. The molecule has 3 rings (SSSR count). The van der Waals surface area contributed by atoms with Crippen LogP contribution in [0.15, 0.2) is 60.3 Å². The van der Waals surface area contributed by atoms with Crippen LogP contribution in [-0.4, -0.2) is 29.4 Å². The van der Waals surface area contributed by atoms with Gasteiger partial charge in [-0.15, -0.1) is 0 Å². The van der Waals surface area contributed by atoms with Crippen LogP contribution in [0.4, 0.5) is 4.79 Å². The zero-order valence-corrected chi connectivity index (χ0v) is 14.2. The van der Waals surface area contributed by atoms with Gasteiger partial charge in [-0.1, -0.05) is 42.5 Å². The molecule has 1 saturated heterocycles. The molecule has 0 atom stereocenters. The van der Waals surface area contributed by atoms with Gasteiger partial charge in [0.05, 0.1) is 11.6 Å². The molecule has 0 aliphatic carbocycles. The van der Waals surface area contributed by atoms with E-state index in [1.165, 1.54) is 6.08 Å². The van der Waals surface area contributed by atoms with Crippen LogP contribution in [0.2, 0.25) is 0 Å². The second-order valence-electron chi connectivity index (χ2n) is 5.76. The van der Waals surface area contributed by atoms with Crippen LogP contribution in [0.25, 0.3) is 6.08 Å². The van der Waals surface area contributed by atoms with E-state index in [2.05, 4.69) is 5.32 Å². The Labute approximate surface area is 155 Å². The lowest BCUT2D eigenvalue weighted by Gasteiger charge is -2.11. The van der Waals surface area contributed by atoms with Gasteiger partial charge in [0.25, 0.3) is 5.91 Å². The predicted molar refractivity (Wildman–Crippen MR) is 95.6 cm³/mol. The Balaban J connectivity index is 1.62. The Bertz CT molecular complexity index is 943. The molecule has 1 heterocycles. The average Bonchev–Trinajstić information content (AvgIpc) is 2.95. The van der Waals surface area contributed by atoms with E-state index in [1.807, 2.05) is 24.3 Å². The summed E-state index contributed by atoms with van der Waals surface area (Å²) in [5.41, 5.74) is 2.00. The minimum Gasteiger partial charge on any atom is -0.459 e. The first-order valence-corrected chi connectivity index (χ1v) is 8.11. The predicted octanol–water partition coefficient (Wildman–Crippen LogP) is 2.19. The number of ether oxygens (including phenoxy) is 1. The van der Waals surface area contributed by atoms with Crippen LogP contribution in [0.5, 0.6) is 0 Å². The van der Waals surface area contributed by atoms with Crippen LogP contribution < -0.4 is 5.32 Å². The first-order valence-electron chi connectivity index (χ1n) is 8.11. The fourth-order valence-electron chi connectivity index (χ4n) is 2.45. The minimum atomic E-state index is -0.684. The Hall–Kier alpha value is -3.92. The number of rotatable bonds is 5. The van der Waals surface area contributed by atoms with Crippen molar-refractivity contribution >= 4 is 24.0 Å². The summed E-state index contributed by atoms with van der Waals surface area (Å²) >= 11 is 0. The largest absolute Gasteiger partial charge is 0.459 e. The van der Waals surface area contributed by atoms with Crippen molar-refractivity contribution in [3.8, 4) is 6.07 Å². The highest BCUT2D eigenvalue weighted by Crippen LogP contribution is 2.15. The summed E-state index contributed by atoms with van der Waals surface area (Å²) in [6, 6.07) is 16.9. The highest BCUT2D eigenvalue weighted by molar-refractivity contribution is 6.15.